The highest BCUT2D eigenvalue weighted by molar-refractivity contribution is 6.06. The highest BCUT2D eigenvalue weighted by Gasteiger charge is 2.11. The largest absolute Gasteiger partial charge is 0.321 e. The van der Waals surface area contributed by atoms with Gasteiger partial charge in [-0.1, -0.05) is 6.07 Å². The van der Waals surface area contributed by atoms with Gasteiger partial charge in [-0.05, 0) is 37.3 Å². The van der Waals surface area contributed by atoms with Crippen molar-refractivity contribution in [1.29, 1.82) is 0 Å². The van der Waals surface area contributed by atoms with Crippen LogP contribution in [0.4, 0.5) is 5.69 Å². The molecule has 6 nitrogen and oxygen atoms in total. The molecule has 0 aliphatic heterocycles. The van der Waals surface area contributed by atoms with Crippen molar-refractivity contribution in [2.75, 3.05) is 5.32 Å². The molecule has 4 aromatic rings. The van der Waals surface area contributed by atoms with Crippen molar-refractivity contribution in [2.45, 2.75) is 6.92 Å². The molecule has 24 heavy (non-hydrogen) atoms. The lowest BCUT2D eigenvalue weighted by Crippen LogP contribution is -2.12. The van der Waals surface area contributed by atoms with Crippen LogP contribution in [0.25, 0.3) is 21.9 Å². The number of rotatable bonds is 2. The Morgan fingerprint density at radius 1 is 1.17 bits per heavy atom. The first kappa shape index (κ1) is 14.3. The van der Waals surface area contributed by atoms with Crippen LogP contribution in [0, 0.1) is 6.92 Å². The quantitative estimate of drug-likeness (QED) is 0.616. The highest BCUT2D eigenvalue weighted by Crippen LogP contribution is 2.20. The standard InChI is InChI=1S/C18H15N5O/c1-11-15-9-14(10-20-17(15)23(2)22-11)21-18(24)13-5-6-16-12(8-13)4-3-7-19-16/h3-10H,1-2H3,(H,21,24). The lowest BCUT2D eigenvalue weighted by molar-refractivity contribution is 0.102. The van der Waals surface area contributed by atoms with E-state index in [1.54, 1.807) is 23.1 Å². The van der Waals surface area contributed by atoms with Gasteiger partial charge in [0.15, 0.2) is 5.65 Å². The van der Waals surface area contributed by atoms with Crippen LogP contribution in [-0.4, -0.2) is 25.7 Å². The Balaban J connectivity index is 1.66. The van der Waals surface area contributed by atoms with E-state index in [0.29, 0.717) is 11.3 Å². The summed E-state index contributed by atoms with van der Waals surface area (Å²) in [4.78, 5) is 21.1. The SMILES string of the molecule is Cc1nn(C)c2ncc(NC(=O)c3ccc4ncccc4c3)cc12. The molecule has 0 aliphatic rings. The van der Waals surface area contributed by atoms with Gasteiger partial charge in [-0.2, -0.15) is 5.10 Å². The summed E-state index contributed by atoms with van der Waals surface area (Å²) >= 11 is 0. The fourth-order valence-electron chi connectivity index (χ4n) is 2.80. The number of nitrogens with one attached hydrogen (secondary N) is 1. The van der Waals surface area contributed by atoms with Gasteiger partial charge in [-0.3, -0.25) is 14.5 Å². The smallest absolute Gasteiger partial charge is 0.255 e. The summed E-state index contributed by atoms with van der Waals surface area (Å²) in [6, 6.07) is 11.1. The summed E-state index contributed by atoms with van der Waals surface area (Å²) in [5, 5.41) is 9.09. The summed E-state index contributed by atoms with van der Waals surface area (Å²) < 4.78 is 1.73. The van der Waals surface area contributed by atoms with Crippen molar-refractivity contribution in [3.63, 3.8) is 0 Å². The van der Waals surface area contributed by atoms with Gasteiger partial charge >= 0.3 is 0 Å². The minimum Gasteiger partial charge on any atom is -0.321 e. The predicted molar refractivity (Wildman–Crippen MR) is 92.9 cm³/mol. The number of hydrogen-bond acceptors (Lipinski definition) is 4. The summed E-state index contributed by atoms with van der Waals surface area (Å²) in [6.07, 6.45) is 3.38. The van der Waals surface area contributed by atoms with Crippen LogP contribution in [0.3, 0.4) is 0 Å². The second-order valence-electron chi connectivity index (χ2n) is 5.67. The van der Waals surface area contributed by atoms with Gasteiger partial charge in [-0.15, -0.1) is 0 Å². The molecule has 0 spiro atoms. The molecular formula is C18H15N5O. The molecule has 3 aromatic heterocycles. The van der Waals surface area contributed by atoms with Crippen molar-refractivity contribution in [3.8, 4) is 0 Å². The molecular weight excluding hydrogens is 302 g/mol. The van der Waals surface area contributed by atoms with Crippen molar-refractivity contribution < 1.29 is 4.79 Å². The number of aromatic nitrogens is 4. The van der Waals surface area contributed by atoms with Crippen LogP contribution in [0.5, 0.6) is 0 Å². The first-order valence-electron chi connectivity index (χ1n) is 7.57. The molecule has 3 heterocycles. The minimum absolute atomic E-state index is 0.177. The van der Waals surface area contributed by atoms with Crippen molar-refractivity contribution in [3.05, 3.63) is 60.0 Å². The number of pyridine rings is 2. The second-order valence-corrected chi connectivity index (χ2v) is 5.67. The molecule has 0 atom stereocenters. The maximum atomic E-state index is 12.5. The van der Waals surface area contributed by atoms with Crippen LogP contribution in [0.2, 0.25) is 0 Å². The monoisotopic (exact) mass is 317 g/mol. The zero-order valence-corrected chi connectivity index (χ0v) is 13.3. The molecule has 0 saturated heterocycles. The van der Waals surface area contributed by atoms with E-state index in [2.05, 4.69) is 20.4 Å². The lowest BCUT2D eigenvalue weighted by Gasteiger charge is -2.06. The third-order valence-corrected chi connectivity index (χ3v) is 3.99. The third kappa shape index (κ3) is 2.38. The molecule has 0 fully saturated rings. The number of carbonyl (C=O) groups excluding carboxylic acids is 1. The van der Waals surface area contributed by atoms with Gasteiger partial charge in [0.05, 0.1) is 23.1 Å². The Bertz CT molecular complexity index is 1080. The molecule has 4 rings (SSSR count). The maximum absolute atomic E-state index is 12.5. The average Bonchev–Trinajstić information content (AvgIpc) is 2.88. The second kappa shape index (κ2) is 5.42. The Hall–Kier alpha value is -3.28. The summed E-state index contributed by atoms with van der Waals surface area (Å²) in [7, 11) is 1.85. The predicted octanol–water partition coefficient (Wildman–Crippen LogP) is 3.08. The maximum Gasteiger partial charge on any atom is 0.255 e. The Kier molecular flexibility index (Phi) is 3.23. The van der Waals surface area contributed by atoms with Gasteiger partial charge in [0.25, 0.3) is 5.91 Å². The molecule has 0 radical (unpaired) electrons. The van der Waals surface area contributed by atoms with Gasteiger partial charge in [0.2, 0.25) is 0 Å². The molecule has 0 aliphatic carbocycles. The summed E-state index contributed by atoms with van der Waals surface area (Å²) in [5.74, 6) is -0.177. The topological polar surface area (TPSA) is 72.7 Å². The number of fused-ring (bicyclic) bond motifs is 2. The van der Waals surface area contributed by atoms with E-state index >= 15 is 0 Å². The Morgan fingerprint density at radius 3 is 2.92 bits per heavy atom. The van der Waals surface area contributed by atoms with Crippen molar-refractivity contribution >= 4 is 33.5 Å². The number of nitrogens with zero attached hydrogens (tertiary/aromatic N) is 4. The molecule has 1 aromatic carbocycles. The number of amides is 1. The number of anilines is 1. The molecule has 0 saturated carbocycles. The van der Waals surface area contributed by atoms with Crippen molar-refractivity contribution in [2.24, 2.45) is 7.05 Å². The number of benzene rings is 1. The van der Waals surface area contributed by atoms with Gasteiger partial charge in [-0.25, -0.2) is 4.98 Å². The van der Waals surface area contributed by atoms with Gasteiger partial charge in [0.1, 0.15) is 0 Å². The third-order valence-electron chi connectivity index (χ3n) is 3.99. The lowest BCUT2D eigenvalue weighted by atomic mass is 10.1. The van der Waals surface area contributed by atoms with Crippen LogP contribution in [-0.2, 0) is 7.05 Å². The fraction of sp³-hybridized carbons (Fsp3) is 0.111. The number of hydrogen-bond donors (Lipinski definition) is 1. The van der Waals surface area contributed by atoms with Crippen LogP contribution < -0.4 is 5.32 Å². The fourth-order valence-corrected chi connectivity index (χ4v) is 2.80. The van der Waals surface area contributed by atoms with E-state index in [-0.39, 0.29) is 5.91 Å². The zero-order chi connectivity index (χ0) is 16.7. The molecule has 118 valence electrons. The van der Waals surface area contributed by atoms with Crippen LogP contribution in [0.15, 0.2) is 48.8 Å². The first-order chi connectivity index (χ1) is 11.6. The van der Waals surface area contributed by atoms with Gasteiger partial charge < -0.3 is 5.32 Å². The Morgan fingerprint density at radius 2 is 2.04 bits per heavy atom. The molecule has 6 heteroatoms. The first-order valence-corrected chi connectivity index (χ1v) is 7.57. The average molecular weight is 317 g/mol. The number of aryl methyl sites for hydroxylation is 2. The Labute approximate surface area is 138 Å². The van der Waals surface area contributed by atoms with E-state index < -0.39 is 0 Å². The molecule has 1 N–H and O–H groups in total. The van der Waals surface area contributed by atoms with E-state index in [0.717, 1.165) is 27.6 Å². The van der Waals surface area contributed by atoms with Crippen LogP contribution in [0.1, 0.15) is 16.1 Å². The van der Waals surface area contributed by atoms with Crippen molar-refractivity contribution in [1.82, 2.24) is 19.7 Å². The summed E-state index contributed by atoms with van der Waals surface area (Å²) in [6.45, 7) is 1.92. The van der Waals surface area contributed by atoms with E-state index in [1.807, 2.05) is 44.3 Å². The molecule has 0 bridgehead atoms. The van der Waals surface area contributed by atoms with E-state index in [1.165, 1.54) is 0 Å². The summed E-state index contributed by atoms with van der Waals surface area (Å²) in [5.41, 5.74) is 3.77. The van der Waals surface area contributed by atoms with E-state index in [9.17, 15) is 4.79 Å². The molecule has 1 amide bonds. The normalized spacial score (nSPS) is 11.1. The molecule has 0 unspecified atom stereocenters. The minimum atomic E-state index is -0.177. The van der Waals surface area contributed by atoms with Gasteiger partial charge in [0, 0.05) is 29.6 Å². The highest BCUT2D eigenvalue weighted by atomic mass is 16.1. The number of carbonyl (C=O) groups is 1. The van der Waals surface area contributed by atoms with E-state index in [4.69, 9.17) is 0 Å². The zero-order valence-electron chi connectivity index (χ0n) is 13.3. The van der Waals surface area contributed by atoms with Crippen LogP contribution >= 0.6 is 0 Å².